The van der Waals surface area contributed by atoms with Crippen molar-refractivity contribution < 1.29 is 44.6 Å². The van der Waals surface area contributed by atoms with Crippen molar-refractivity contribution >= 4 is 22.6 Å². The van der Waals surface area contributed by atoms with Crippen molar-refractivity contribution in [2.45, 2.75) is 35.8 Å². The zero-order chi connectivity index (χ0) is 16.2. The van der Waals surface area contributed by atoms with Gasteiger partial charge in [-0.2, -0.15) is 35.1 Å². The lowest BCUT2D eigenvalue weighted by Gasteiger charge is -2.28. The van der Waals surface area contributed by atoms with Crippen molar-refractivity contribution in [3.8, 4) is 0 Å². The third-order valence-corrected chi connectivity index (χ3v) is 3.65. The number of hydrogen-bond acceptors (Lipinski definition) is 1. The van der Waals surface area contributed by atoms with Crippen molar-refractivity contribution in [2.75, 3.05) is 6.61 Å². The number of alkyl halides is 9. The quantitative estimate of drug-likeness (QED) is 0.534. The highest BCUT2D eigenvalue weighted by Gasteiger charge is 3.00. The maximum atomic E-state index is 13.8. The lowest BCUT2D eigenvalue weighted by Crippen LogP contribution is -2.53. The average Bonchev–Trinajstić information content (AvgIpc) is 2.31. The predicted octanol–water partition coefficient (Wildman–Crippen LogP) is 3.95. The first kappa shape index (κ1) is 17.9. The fourth-order valence-corrected chi connectivity index (χ4v) is 2.29. The van der Waals surface area contributed by atoms with E-state index in [1.165, 1.54) is 0 Å². The molecule has 1 aliphatic rings. The van der Waals surface area contributed by atoms with Gasteiger partial charge in [-0.25, -0.2) is 4.39 Å². The standard InChI is InChI=1S/C9H6F9IO/c10-5(3-4(19)1-2-20)6(11,12)8(15,16)9(17,18)7(5,13)14/h3,20H,1-2H2. The van der Waals surface area contributed by atoms with Crippen LogP contribution in [0.3, 0.4) is 0 Å². The Morgan fingerprint density at radius 1 is 0.800 bits per heavy atom. The summed E-state index contributed by atoms with van der Waals surface area (Å²) in [5, 5.41) is 8.42. The summed E-state index contributed by atoms with van der Waals surface area (Å²) in [6, 6.07) is 0. The number of aliphatic hydroxyl groups excluding tert-OH is 1. The third kappa shape index (κ3) is 1.80. The Hall–Kier alpha value is -0.200. The molecule has 0 saturated heterocycles. The van der Waals surface area contributed by atoms with Crippen LogP contribution >= 0.6 is 22.6 Å². The predicted molar refractivity (Wildman–Crippen MR) is 57.4 cm³/mol. The van der Waals surface area contributed by atoms with Crippen molar-refractivity contribution in [1.82, 2.24) is 0 Å². The summed E-state index contributed by atoms with van der Waals surface area (Å²) >= 11 is 1.00. The topological polar surface area (TPSA) is 20.2 Å². The smallest absolute Gasteiger partial charge is 0.382 e. The molecular weight excluding hydrogens is 422 g/mol. The highest BCUT2D eigenvalue weighted by atomic mass is 127. The monoisotopic (exact) mass is 428 g/mol. The van der Waals surface area contributed by atoms with Gasteiger partial charge in [-0.1, -0.05) is 0 Å². The molecule has 20 heavy (non-hydrogen) atoms. The first-order chi connectivity index (χ1) is 8.70. The molecule has 118 valence electrons. The van der Waals surface area contributed by atoms with Crippen LogP contribution in [0.2, 0.25) is 0 Å². The normalized spacial score (nSPS) is 29.4. The number of halogens is 10. The van der Waals surface area contributed by atoms with E-state index in [9.17, 15) is 39.5 Å². The molecule has 0 aromatic heterocycles. The van der Waals surface area contributed by atoms with E-state index in [0.29, 0.717) is 0 Å². The van der Waals surface area contributed by atoms with Gasteiger partial charge < -0.3 is 5.11 Å². The Bertz CT molecular complexity index is 405. The lowest BCUT2D eigenvalue weighted by molar-refractivity contribution is -0.303. The average molecular weight is 428 g/mol. The van der Waals surface area contributed by atoms with Crippen molar-refractivity contribution in [1.29, 1.82) is 0 Å². The molecule has 1 aliphatic carbocycles. The van der Waals surface area contributed by atoms with E-state index in [2.05, 4.69) is 0 Å². The molecule has 1 fully saturated rings. The Morgan fingerprint density at radius 2 is 1.15 bits per heavy atom. The Morgan fingerprint density at radius 3 is 1.45 bits per heavy atom. The summed E-state index contributed by atoms with van der Waals surface area (Å²) in [5.74, 6) is -25.8. The second-order valence-electron chi connectivity index (χ2n) is 4.07. The zero-order valence-corrected chi connectivity index (χ0v) is 11.4. The first-order valence-electron chi connectivity index (χ1n) is 4.89. The maximum absolute atomic E-state index is 13.8. The van der Waals surface area contributed by atoms with Gasteiger partial charge >= 0.3 is 23.7 Å². The third-order valence-electron chi connectivity index (χ3n) is 2.80. The minimum atomic E-state index is -6.56. The molecule has 0 heterocycles. The second kappa shape index (κ2) is 4.65. The summed E-state index contributed by atoms with van der Waals surface area (Å²) in [4.78, 5) is 0. The molecule has 0 atom stereocenters. The zero-order valence-electron chi connectivity index (χ0n) is 9.22. The highest BCUT2D eigenvalue weighted by molar-refractivity contribution is 14.1. The van der Waals surface area contributed by atoms with Crippen molar-refractivity contribution in [3.63, 3.8) is 0 Å². The molecule has 0 unspecified atom stereocenters. The molecular formula is C9H6F9IO. The van der Waals surface area contributed by atoms with Crippen LogP contribution in [-0.2, 0) is 0 Å². The Labute approximate surface area is 120 Å². The van der Waals surface area contributed by atoms with E-state index < -0.39 is 52.0 Å². The van der Waals surface area contributed by atoms with Crippen LogP contribution in [0.15, 0.2) is 9.66 Å². The van der Waals surface area contributed by atoms with E-state index in [1.807, 2.05) is 0 Å². The summed E-state index contributed by atoms with van der Waals surface area (Å²) < 4.78 is 117. The SMILES string of the molecule is OCCC(I)=CC1(F)C(F)(F)C(F)(F)C(F)(F)C1(F)F. The van der Waals surface area contributed by atoms with Gasteiger partial charge in [0.2, 0.25) is 0 Å². The van der Waals surface area contributed by atoms with Crippen LogP contribution in [0.1, 0.15) is 6.42 Å². The number of hydrogen-bond donors (Lipinski definition) is 1. The molecule has 0 radical (unpaired) electrons. The second-order valence-corrected chi connectivity index (χ2v) is 5.46. The Balaban J connectivity index is 3.57. The molecule has 11 heteroatoms. The number of rotatable bonds is 3. The van der Waals surface area contributed by atoms with E-state index >= 15 is 0 Å². The van der Waals surface area contributed by atoms with Crippen LogP contribution < -0.4 is 0 Å². The molecule has 1 saturated carbocycles. The van der Waals surface area contributed by atoms with E-state index in [1.54, 1.807) is 0 Å². The minimum absolute atomic E-state index is 0.629. The molecule has 1 rings (SSSR count). The van der Waals surface area contributed by atoms with Crippen LogP contribution in [-0.4, -0.2) is 41.1 Å². The molecule has 1 nitrogen and oxygen atoms in total. The van der Waals surface area contributed by atoms with Crippen LogP contribution in [0.25, 0.3) is 0 Å². The largest absolute Gasteiger partial charge is 0.396 e. The van der Waals surface area contributed by atoms with E-state index in [-0.39, 0.29) is 0 Å². The number of allylic oxidation sites excluding steroid dienone is 1. The van der Waals surface area contributed by atoms with Gasteiger partial charge in [0, 0.05) is 13.0 Å². The molecule has 0 aromatic carbocycles. The lowest BCUT2D eigenvalue weighted by atomic mass is 9.96. The fraction of sp³-hybridized carbons (Fsp3) is 0.778. The summed E-state index contributed by atoms with van der Waals surface area (Å²) in [7, 11) is 0. The van der Waals surface area contributed by atoms with Gasteiger partial charge in [0.05, 0.1) is 0 Å². The minimum Gasteiger partial charge on any atom is -0.396 e. The van der Waals surface area contributed by atoms with Gasteiger partial charge in [-0.3, -0.25) is 0 Å². The molecule has 0 aliphatic heterocycles. The van der Waals surface area contributed by atoms with Crippen molar-refractivity contribution in [3.05, 3.63) is 9.66 Å². The van der Waals surface area contributed by atoms with Crippen LogP contribution in [0, 0.1) is 0 Å². The molecule has 0 amide bonds. The van der Waals surface area contributed by atoms with Crippen molar-refractivity contribution in [2.24, 2.45) is 0 Å². The molecule has 1 N–H and O–H groups in total. The molecule has 0 bridgehead atoms. The Kier molecular flexibility index (Phi) is 4.15. The van der Waals surface area contributed by atoms with E-state index in [4.69, 9.17) is 5.11 Å². The highest BCUT2D eigenvalue weighted by Crippen LogP contribution is 2.69. The summed E-state index contributed by atoms with van der Waals surface area (Å²) in [5.41, 5.74) is -5.57. The number of aliphatic hydroxyl groups is 1. The van der Waals surface area contributed by atoms with Gasteiger partial charge in [-0.15, -0.1) is 0 Å². The van der Waals surface area contributed by atoms with Crippen LogP contribution in [0.5, 0.6) is 0 Å². The maximum Gasteiger partial charge on any atom is 0.382 e. The fourth-order valence-electron chi connectivity index (χ4n) is 1.62. The van der Waals surface area contributed by atoms with Gasteiger partial charge in [0.1, 0.15) is 0 Å². The van der Waals surface area contributed by atoms with Gasteiger partial charge in [0.25, 0.3) is 5.67 Å². The van der Waals surface area contributed by atoms with Gasteiger partial charge in [-0.05, 0) is 32.2 Å². The summed E-state index contributed by atoms with van der Waals surface area (Å²) in [6.07, 6.45) is -1.31. The van der Waals surface area contributed by atoms with E-state index in [0.717, 1.165) is 22.6 Å². The first-order valence-corrected chi connectivity index (χ1v) is 5.97. The molecule has 0 spiro atoms. The summed E-state index contributed by atoms with van der Waals surface area (Å²) in [6.45, 7) is -0.797. The van der Waals surface area contributed by atoms with Gasteiger partial charge in [0.15, 0.2) is 0 Å². The van der Waals surface area contributed by atoms with Crippen LogP contribution in [0.4, 0.5) is 39.5 Å². The molecule has 0 aromatic rings.